The van der Waals surface area contributed by atoms with Crippen molar-refractivity contribution in [2.75, 3.05) is 0 Å². The number of amides is 1. The topological polar surface area (TPSA) is 78.0 Å². The van der Waals surface area contributed by atoms with Crippen molar-refractivity contribution in [1.29, 1.82) is 0 Å². The van der Waals surface area contributed by atoms with E-state index in [0.29, 0.717) is 5.69 Å². The SMILES string of the molecule is O=C(NC1CCC(O)CC1)c1cc(-c2cccs2)[nH]n1. The van der Waals surface area contributed by atoms with Crippen LogP contribution in [0.5, 0.6) is 0 Å². The van der Waals surface area contributed by atoms with E-state index in [4.69, 9.17) is 0 Å². The molecule has 1 aliphatic rings. The van der Waals surface area contributed by atoms with Crippen molar-refractivity contribution < 1.29 is 9.90 Å². The molecule has 0 aliphatic heterocycles. The van der Waals surface area contributed by atoms with E-state index in [-0.39, 0.29) is 18.1 Å². The second kappa shape index (κ2) is 5.76. The second-order valence-corrected chi connectivity index (χ2v) is 6.07. The number of aromatic amines is 1. The van der Waals surface area contributed by atoms with E-state index < -0.39 is 0 Å². The molecule has 0 unspecified atom stereocenters. The molecule has 3 N–H and O–H groups in total. The Morgan fingerprint density at radius 3 is 2.90 bits per heavy atom. The van der Waals surface area contributed by atoms with Crippen LogP contribution < -0.4 is 5.32 Å². The molecule has 3 rings (SSSR count). The highest BCUT2D eigenvalue weighted by atomic mass is 32.1. The Hall–Kier alpha value is -1.66. The highest BCUT2D eigenvalue weighted by Crippen LogP contribution is 2.23. The molecule has 5 nitrogen and oxygen atoms in total. The number of thiophene rings is 1. The molecule has 1 amide bonds. The van der Waals surface area contributed by atoms with Crippen LogP contribution in [0.25, 0.3) is 10.6 Å². The smallest absolute Gasteiger partial charge is 0.272 e. The average Bonchev–Trinajstić information content (AvgIpc) is 3.11. The Morgan fingerprint density at radius 2 is 2.20 bits per heavy atom. The van der Waals surface area contributed by atoms with Gasteiger partial charge in [-0.2, -0.15) is 5.10 Å². The van der Waals surface area contributed by atoms with Crippen LogP contribution in [0.3, 0.4) is 0 Å². The molecule has 1 saturated carbocycles. The standard InChI is InChI=1S/C14H17N3O2S/c18-10-5-3-9(4-6-10)15-14(19)12-8-11(16-17-12)13-2-1-7-20-13/h1-2,7-10,18H,3-6H2,(H,15,19)(H,16,17). The lowest BCUT2D eigenvalue weighted by Gasteiger charge is -2.25. The second-order valence-electron chi connectivity index (χ2n) is 5.12. The summed E-state index contributed by atoms with van der Waals surface area (Å²) >= 11 is 1.61. The van der Waals surface area contributed by atoms with Crippen LogP contribution in [0.2, 0.25) is 0 Å². The van der Waals surface area contributed by atoms with Gasteiger partial charge < -0.3 is 10.4 Å². The molecule has 0 aromatic carbocycles. The number of aromatic nitrogens is 2. The summed E-state index contributed by atoms with van der Waals surface area (Å²) in [6, 6.07) is 5.88. The first kappa shape index (κ1) is 13.3. The summed E-state index contributed by atoms with van der Waals surface area (Å²) in [5.74, 6) is -0.148. The van der Waals surface area contributed by atoms with Crippen LogP contribution in [0.15, 0.2) is 23.6 Å². The van der Waals surface area contributed by atoms with Crippen molar-refractivity contribution in [2.45, 2.75) is 37.8 Å². The maximum atomic E-state index is 12.1. The van der Waals surface area contributed by atoms with Gasteiger partial charge in [-0.1, -0.05) is 6.07 Å². The molecule has 106 valence electrons. The number of hydrogen-bond acceptors (Lipinski definition) is 4. The maximum Gasteiger partial charge on any atom is 0.272 e. The van der Waals surface area contributed by atoms with E-state index in [1.54, 1.807) is 17.4 Å². The highest BCUT2D eigenvalue weighted by molar-refractivity contribution is 7.13. The Labute approximate surface area is 121 Å². The molecular weight excluding hydrogens is 274 g/mol. The molecule has 6 heteroatoms. The van der Waals surface area contributed by atoms with Gasteiger partial charge in [-0.15, -0.1) is 11.3 Å². The van der Waals surface area contributed by atoms with E-state index in [9.17, 15) is 9.90 Å². The number of aliphatic hydroxyl groups is 1. The fourth-order valence-corrected chi connectivity index (χ4v) is 3.17. The number of aliphatic hydroxyl groups excluding tert-OH is 1. The zero-order valence-electron chi connectivity index (χ0n) is 11.0. The number of nitrogens with one attached hydrogen (secondary N) is 2. The molecule has 0 saturated heterocycles. The van der Waals surface area contributed by atoms with Crippen molar-refractivity contribution in [1.82, 2.24) is 15.5 Å². The summed E-state index contributed by atoms with van der Waals surface area (Å²) in [7, 11) is 0. The number of hydrogen-bond donors (Lipinski definition) is 3. The molecule has 1 fully saturated rings. The molecule has 2 heterocycles. The fraction of sp³-hybridized carbons (Fsp3) is 0.429. The highest BCUT2D eigenvalue weighted by Gasteiger charge is 2.22. The first-order valence-electron chi connectivity index (χ1n) is 6.80. The third-order valence-electron chi connectivity index (χ3n) is 3.63. The molecule has 0 spiro atoms. The minimum atomic E-state index is -0.209. The largest absolute Gasteiger partial charge is 0.393 e. The number of carbonyl (C=O) groups excluding carboxylic acids is 1. The number of nitrogens with zero attached hydrogens (tertiary/aromatic N) is 1. The van der Waals surface area contributed by atoms with E-state index in [2.05, 4.69) is 15.5 Å². The van der Waals surface area contributed by atoms with Crippen LogP contribution in [0.4, 0.5) is 0 Å². The summed E-state index contributed by atoms with van der Waals surface area (Å²) in [6.45, 7) is 0. The molecule has 0 radical (unpaired) electrons. The monoisotopic (exact) mass is 291 g/mol. The van der Waals surface area contributed by atoms with Crippen molar-refractivity contribution in [3.8, 4) is 10.6 Å². The van der Waals surface area contributed by atoms with Gasteiger partial charge in [0.15, 0.2) is 5.69 Å². The zero-order valence-corrected chi connectivity index (χ0v) is 11.8. The van der Waals surface area contributed by atoms with Gasteiger partial charge in [0.25, 0.3) is 5.91 Å². The number of carbonyl (C=O) groups is 1. The summed E-state index contributed by atoms with van der Waals surface area (Å²) in [6.07, 6.45) is 2.96. The first-order valence-corrected chi connectivity index (χ1v) is 7.68. The molecule has 2 aromatic heterocycles. The lowest BCUT2D eigenvalue weighted by Crippen LogP contribution is -2.38. The minimum absolute atomic E-state index is 0.146. The predicted molar refractivity (Wildman–Crippen MR) is 77.6 cm³/mol. The molecule has 20 heavy (non-hydrogen) atoms. The summed E-state index contributed by atoms with van der Waals surface area (Å²) in [4.78, 5) is 13.2. The van der Waals surface area contributed by atoms with Gasteiger partial charge in [0.05, 0.1) is 16.7 Å². The third kappa shape index (κ3) is 2.91. The van der Waals surface area contributed by atoms with Crippen LogP contribution in [0.1, 0.15) is 36.2 Å². The van der Waals surface area contributed by atoms with Gasteiger partial charge in [0.2, 0.25) is 0 Å². The van der Waals surface area contributed by atoms with Gasteiger partial charge in [0, 0.05) is 6.04 Å². The first-order chi connectivity index (χ1) is 9.72. The zero-order chi connectivity index (χ0) is 13.9. The maximum absolute atomic E-state index is 12.1. The summed E-state index contributed by atoms with van der Waals surface area (Å²) in [5.41, 5.74) is 1.28. The molecule has 0 atom stereocenters. The summed E-state index contributed by atoms with van der Waals surface area (Å²) < 4.78 is 0. The van der Waals surface area contributed by atoms with Crippen molar-refractivity contribution in [2.24, 2.45) is 0 Å². The Balaban J connectivity index is 1.63. The Morgan fingerprint density at radius 1 is 1.40 bits per heavy atom. The lowest BCUT2D eigenvalue weighted by atomic mass is 9.93. The van der Waals surface area contributed by atoms with E-state index >= 15 is 0 Å². The average molecular weight is 291 g/mol. The fourth-order valence-electron chi connectivity index (χ4n) is 2.48. The van der Waals surface area contributed by atoms with Gasteiger partial charge in [0.1, 0.15) is 0 Å². The van der Waals surface area contributed by atoms with Gasteiger partial charge in [-0.05, 0) is 43.2 Å². The van der Waals surface area contributed by atoms with Crippen molar-refractivity contribution >= 4 is 17.2 Å². The van der Waals surface area contributed by atoms with Gasteiger partial charge in [-0.25, -0.2) is 0 Å². The Bertz CT molecular complexity index is 571. The molecule has 1 aliphatic carbocycles. The number of H-pyrrole nitrogens is 1. The predicted octanol–water partition coefficient (Wildman–Crippen LogP) is 2.17. The Kier molecular flexibility index (Phi) is 3.84. The van der Waals surface area contributed by atoms with E-state index in [0.717, 1.165) is 36.3 Å². The van der Waals surface area contributed by atoms with Crippen molar-refractivity contribution in [3.63, 3.8) is 0 Å². The lowest BCUT2D eigenvalue weighted by molar-refractivity contribution is 0.0863. The quantitative estimate of drug-likeness (QED) is 0.811. The van der Waals surface area contributed by atoms with Crippen LogP contribution in [0, 0.1) is 0 Å². The molecule has 2 aromatic rings. The van der Waals surface area contributed by atoms with Crippen LogP contribution >= 0.6 is 11.3 Å². The molecular formula is C14H17N3O2S. The van der Waals surface area contributed by atoms with E-state index in [1.165, 1.54) is 0 Å². The van der Waals surface area contributed by atoms with Crippen molar-refractivity contribution in [3.05, 3.63) is 29.3 Å². The van der Waals surface area contributed by atoms with Gasteiger partial charge >= 0.3 is 0 Å². The van der Waals surface area contributed by atoms with Gasteiger partial charge in [-0.3, -0.25) is 9.89 Å². The number of rotatable bonds is 3. The normalized spacial score (nSPS) is 22.6. The van der Waals surface area contributed by atoms with Crippen LogP contribution in [-0.4, -0.2) is 33.4 Å². The molecule has 0 bridgehead atoms. The van der Waals surface area contributed by atoms with Crippen LogP contribution in [-0.2, 0) is 0 Å². The minimum Gasteiger partial charge on any atom is -0.393 e. The summed E-state index contributed by atoms with van der Waals surface area (Å²) in [5, 5.41) is 21.4. The van der Waals surface area contributed by atoms with E-state index in [1.807, 2.05) is 17.5 Å². The third-order valence-corrected chi connectivity index (χ3v) is 4.53.